The van der Waals surface area contributed by atoms with Gasteiger partial charge in [-0.2, -0.15) is 0 Å². The monoisotopic (exact) mass is 337 g/mol. The van der Waals surface area contributed by atoms with Gasteiger partial charge in [-0.1, -0.05) is 12.1 Å². The van der Waals surface area contributed by atoms with Crippen LogP contribution >= 0.6 is 22.6 Å². The molecule has 0 saturated carbocycles. The Morgan fingerprint density at radius 3 is 2.88 bits per heavy atom. The molecule has 0 amide bonds. The van der Waals surface area contributed by atoms with Crippen LogP contribution in [0.3, 0.4) is 0 Å². The molecule has 88 valence electrons. The summed E-state index contributed by atoms with van der Waals surface area (Å²) in [5.74, 6) is -0.908. The fourth-order valence-corrected chi connectivity index (χ4v) is 1.82. The Morgan fingerprint density at radius 2 is 2.31 bits per heavy atom. The number of halogens is 2. The van der Waals surface area contributed by atoms with Gasteiger partial charge in [0, 0.05) is 3.57 Å². The number of carbonyl (C=O) groups excluding carboxylic acids is 1. The highest BCUT2D eigenvalue weighted by Crippen LogP contribution is 2.19. The Labute approximate surface area is 107 Å². The molecular weight excluding hydrogens is 324 g/mol. The third kappa shape index (κ3) is 3.41. The first kappa shape index (κ1) is 13.4. The molecule has 0 bridgehead atoms. The minimum absolute atomic E-state index is 0.151. The maximum atomic E-state index is 13.6. The normalized spacial score (nSPS) is 14.2. The van der Waals surface area contributed by atoms with Gasteiger partial charge in [-0.25, -0.2) is 9.18 Å². The van der Waals surface area contributed by atoms with Gasteiger partial charge in [0.25, 0.3) is 0 Å². The average molecular weight is 337 g/mol. The van der Waals surface area contributed by atoms with Crippen LogP contribution in [0.15, 0.2) is 24.3 Å². The summed E-state index contributed by atoms with van der Waals surface area (Å²) in [6.07, 6.45) is -1.82. The largest absolute Gasteiger partial charge is 0.464 e. The molecule has 0 saturated heterocycles. The molecule has 0 heterocycles. The van der Waals surface area contributed by atoms with E-state index < -0.39 is 18.2 Å². The summed E-state index contributed by atoms with van der Waals surface area (Å²) in [6.45, 7) is 1.78. The number of nitrogens with two attached hydrogens (primary N) is 1. The lowest BCUT2D eigenvalue weighted by Crippen LogP contribution is -2.31. The summed E-state index contributed by atoms with van der Waals surface area (Å²) in [5, 5.41) is 0. The van der Waals surface area contributed by atoms with E-state index in [1.165, 1.54) is 0 Å². The summed E-state index contributed by atoms with van der Waals surface area (Å²) >= 11 is 2.10. The van der Waals surface area contributed by atoms with Crippen molar-refractivity contribution in [2.45, 2.75) is 19.1 Å². The van der Waals surface area contributed by atoms with Gasteiger partial charge < -0.3 is 10.5 Å². The Balaban J connectivity index is 2.77. The van der Waals surface area contributed by atoms with Crippen LogP contribution < -0.4 is 5.73 Å². The van der Waals surface area contributed by atoms with Crippen LogP contribution in [0.5, 0.6) is 0 Å². The molecule has 0 aliphatic heterocycles. The lowest BCUT2D eigenvalue weighted by Gasteiger charge is -2.15. The quantitative estimate of drug-likeness (QED) is 0.677. The van der Waals surface area contributed by atoms with E-state index in [-0.39, 0.29) is 6.61 Å². The first-order valence-electron chi connectivity index (χ1n) is 4.88. The van der Waals surface area contributed by atoms with Gasteiger partial charge >= 0.3 is 5.97 Å². The highest BCUT2D eigenvalue weighted by molar-refractivity contribution is 14.1. The van der Waals surface area contributed by atoms with Crippen LogP contribution in [0.25, 0.3) is 0 Å². The molecule has 0 radical (unpaired) electrons. The van der Waals surface area contributed by atoms with Crippen LogP contribution in [0.2, 0.25) is 0 Å². The summed E-state index contributed by atoms with van der Waals surface area (Å²) < 4.78 is 19.1. The lowest BCUT2D eigenvalue weighted by molar-refractivity contribution is -0.149. The minimum atomic E-state index is -1.82. The molecule has 1 aromatic rings. The fraction of sp³-hybridized carbons (Fsp3) is 0.364. The average Bonchev–Trinajstić information content (AvgIpc) is 2.27. The molecule has 0 aliphatic carbocycles. The summed E-state index contributed by atoms with van der Waals surface area (Å²) in [5.41, 5.74) is 6.25. The predicted octanol–water partition coefficient (Wildman–Crippen LogP) is 2.19. The van der Waals surface area contributed by atoms with Gasteiger partial charge in [-0.05, 0) is 47.2 Å². The minimum Gasteiger partial charge on any atom is -0.464 e. The van der Waals surface area contributed by atoms with Crippen molar-refractivity contribution in [1.29, 1.82) is 0 Å². The Bertz CT molecular complexity index is 373. The first-order chi connectivity index (χ1) is 7.56. The summed E-state index contributed by atoms with van der Waals surface area (Å²) in [7, 11) is 0. The number of carbonyl (C=O) groups is 1. The smallest absolute Gasteiger partial charge is 0.342 e. The van der Waals surface area contributed by atoms with Crippen molar-refractivity contribution in [3.05, 3.63) is 33.4 Å². The Morgan fingerprint density at radius 1 is 1.62 bits per heavy atom. The molecule has 0 aliphatic rings. The van der Waals surface area contributed by atoms with Crippen LogP contribution in [-0.4, -0.2) is 18.7 Å². The zero-order chi connectivity index (χ0) is 12.1. The third-order valence-electron chi connectivity index (χ3n) is 2.06. The molecule has 16 heavy (non-hydrogen) atoms. The van der Waals surface area contributed by atoms with Gasteiger partial charge in [-0.15, -0.1) is 0 Å². The molecule has 2 N–H and O–H groups in total. The van der Waals surface area contributed by atoms with Gasteiger partial charge in [0.05, 0.1) is 12.6 Å². The van der Waals surface area contributed by atoms with Crippen molar-refractivity contribution >= 4 is 28.6 Å². The van der Waals surface area contributed by atoms with Crippen LogP contribution in [0, 0.1) is 3.57 Å². The second-order valence-corrected chi connectivity index (χ2v) is 4.48. The highest BCUT2D eigenvalue weighted by Gasteiger charge is 2.27. The maximum absolute atomic E-state index is 13.6. The number of benzene rings is 1. The van der Waals surface area contributed by atoms with E-state index in [0.717, 1.165) is 3.57 Å². The number of esters is 1. The molecule has 0 aromatic heterocycles. The van der Waals surface area contributed by atoms with Crippen molar-refractivity contribution in [1.82, 2.24) is 0 Å². The molecule has 2 atom stereocenters. The number of rotatable bonds is 4. The van der Waals surface area contributed by atoms with Gasteiger partial charge in [0.2, 0.25) is 6.17 Å². The van der Waals surface area contributed by atoms with Gasteiger partial charge in [-0.3, -0.25) is 0 Å². The van der Waals surface area contributed by atoms with Gasteiger partial charge in [0.1, 0.15) is 0 Å². The van der Waals surface area contributed by atoms with E-state index in [4.69, 9.17) is 5.73 Å². The van der Waals surface area contributed by atoms with Crippen molar-refractivity contribution in [2.24, 2.45) is 5.73 Å². The Hall–Kier alpha value is -0.690. The van der Waals surface area contributed by atoms with E-state index in [2.05, 4.69) is 27.3 Å². The lowest BCUT2D eigenvalue weighted by atomic mass is 10.0. The topological polar surface area (TPSA) is 52.3 Å². The molecule has 0 spiro atoms. The zero-order valence-corrected chi connectivity index (χ0v) is 11.0. The summed E-state index contributed by atoms with van der Waals surface area (Å²) in [6, 6.07) is 6.10. The Kier molecular flexibility index (Phi) is 5.14. The first-order valence-corrected chi connectivity index (χ1v) is 5.96. The molecule has 1 rings (SSSR count). The second-order valence-electron chi connectivity index (χ2n) is 3.23. The summed E-state index contributed by atoms with van der Waals surface area (Å²) in [4.78, 5) is 11.2. The van der Waals surface area contributed by atoms with Crippen molar-refractivity contribution in [3.8, 4) is 0 Å². The maximum Gasteiger partial charge on any atom is 0.342 e. The van der Waals surface area contributed by atoms with Crippen molar-refractivity contribution in [3.63, 3.8) is 0 Å². The van der Waals surface area contributed by atoms with Crippen LogP contribution in [-0.2, 0) is 9.53 Å². The second kappa shape index (κ2) is 6.15. The van der Waals surface area contributed by atoms with Crippen LogP contribution in [0.1, 0.15) is 18.5 Å². The van der Waals surface area contributed by atoms with E-state index in [0.29, 0.717) is 5.56 Å². The van der Waals surface area contributed by atoms with Gasteiger partial charge in [0.15, 0.2) is 0 Å². The molecule has 1 unspecified atom stereocenters. The van der Waals surface area contributed by atoms with Crippen molar-refractivity contribution < 1.29 is 13.9 Å². The number of hydrogen-bond acceptors (Lipinski definition) is 3. The van der Waals surface area contributed by atoms with Crippen molar-refractivity contribution in [2.75, 3.05) is 6.61 Å². The highest BCUT2D eigenvalue weighted by atomic mass is 127. The molecule has 1 aromatic carbocycles. The number of ether oxygens (including phenoxy) is 1. The van der Waals surface area contributed by atoms with E-state index in [1.54, 1.807) is 25.1 Å². The van der Waals surface area contributed by atoms with Crippen LogP contribution in [0.4, 0.5) is 4.39 Å². The van der Waals surface area contributed by atoms with E-state index in [9.17, 15) is 9.18 Å². The van der Waals surface area contributed by atoms with E-state index >= 15 is 0 Å². The molecular formula is C11H13FINO2. The molecule has 0 fully saturated rings. The number of alkyl halides is 1. The zero-order valence-electron chi connectivity index (χ0n) is 8.82. The SMILES string of the molecule is CCOC(=O)C(F)[C@@H](N)c1cccc(I)c1. The standard InChI is InChI=1S/C11H13FINO2/c1-2-16-11(15)9(12)10(14)7-4-3-5-8(13)6-7/h3-6,9-10H,2,14H2,1H3/t9?,10-/m0/s1. The third-order valence-corrected chi connectivity index (χ3v) is 2.73. The van der Waals surface area contributed by atoms with E-state index in [1.807, 2.05) is 6.07 Å². The molecule has 5 heteroatoms. The molecule has 3 nitrogen and oxygen atoms in total. The fourth-order valence-electron chi connectivity index (χ4n) is 1.25. The number of hydrogen-bond donors (Lipinski definition) is 1. The predicted molar refractivity (Wildman–Crippen MR) is 67.6 cm³/mol.